The van der Waals surface area contributed by atoms with Crippen molar-refractivity contribution < 1.29 is 14.3 Å². The predicted octanol–water partition coefficient (Wildman–Crippen LogP) is 0.849. The minimum absolute atomic E-state index is 0.0464. The highest BCUT2D eigenvalue weighted by molar-refractivity contribution is 5.94. The third-order valence-corrected chi connectivity index (χ3v) is 5.06. The minimum Gasteiger partial charge on any atom is -0.494 e. The summed E-state index contributed by atoms with van der Waals surface area (Å²) in [4.78, 5) is 31.7. The van der Waals surface area contributed by atoms with E-state index in [9.17, 15) is 9.59 Å². The zero-order valence-corrected chi connectivity index (χ0v) is 14.6. The van der Waals surface area contributed by atoms with E-state index in [4.69, 9.17) is 9.47 Å². The lowest BCUT2D eigenvalue weighted by molar-refractivity contribution is 0.159. The largest absolute Gasteiger partial charge is 0.494 e. The maximum Gasteiger partial charge on any atom is 0.323 e. The van der Waals surface area contributed by atoms with Gasteiger partial charge in [-0.05, 0) is 32.0 Å². The van der Waals surface area contributed by atoms with Gasteiger partial charge in [-0.25, -0.2) is 9.59 Å². The van der Waals surface area contributed by atoms with Crippen molar-refractivity contribution in [1.82, 2.24) is 20.2 Å². The van der Waals surface area contributed by atoms with Crippen LogP contribution in [0.4, 0.5) is 10.5 Å². The van der Waals surface area contributed by atoms with Crippen LogP contribution in [0.1, 0.15) is 12.8 Å². The van der Waals surface area contributed by atoms with Crippen molar-refractivity contribution in [3.05, 3.63) is 22.6 Å². The van der Waals surface area contributed by atoms with E-state index in [0.29, 0.717) is 35.7 Å². The van der Waals surface area contributed by atoms with Crippen molar-refractivity contribution in [2.24, 2.45) is 0 Å². The number of methoxy groups -OCH3 is 1. The Balaban J connectivity index is 1.47. The van der Waals surface area contributed by atoms with Gasteiger partial charge in [0.25, 0.3) is 0 Å². The molecule has 1 aromatic carbocycles. The molecule has 4 rings (SSSR count). The van der Waals surface area contributed by atoms with Gasteiger partial charge in [-0.1, -0.05) is 0 Å². The first kappa shape index (κ1) is 16.9. The summed E-state index contributed by atoms with van der Waals surface area (Å²) in [6.45, 7) is 3.26. The Morgan fingerprint density at radius 2 is 1.96 bits per heavy atom. The Morgan fingerprint density at radius 3 is 2.69 bits per heavy atom. The number of rotatable bonds is 4. The number of fused-ring (bicyclic) bond motifs is 1. The molecule has 9 nitrogen and oxygen atoms in total. The molecule has 9 heteroatoms. The molecule has 2 aliphatic heterocycles. The number of nitrogens with zero attached hydrogens (tertiary/aromatic N) is 1. The Labute approximate surface area is 150 Å². The lowest BCUT2D eigenvalue weighted by Crippen LogP contribution is -2.51. The average Bonchev–Trinajstić information content (AvgIpc) is 3.33. The second kappa shape index (κ2) is 7.00. The Kier molecular flexibility index (Phi) is 4.56. The maximum absolute atomic E-state index is 12.5. The summed E-state index contributed by atoms with van der Waals surface area (Å²) in [5.74, 6) is 0.474. The number of carbonyl (C=O) groups is 1. The van der Waals surface area contributed by atoms with E-state index in [2.05, 4.69) is 25.5 Å². The van der Waals surface area contributed by atoms with E-state index < -0.39 is 0 Å². The molecule has 0 bridgehead atoms. The summed E-state index contributed by atoms with van der Waals surface area (Å²) < 4.78 is 10.9. The number of aromatic amines is 2. The van der Waals surface area contributed by atoms with Crippen molar-refractivity contribution in [2.75, 3.05) is 38.7 Å². The molecule has 1 aromatic heterocycles. The van der Waals surface area contributed by atoms with Crippen LogP contribution in [-0.4, -0.2) is 66.4 Å². The fraction of sp³-hybridized carbons (Fsp3) is 0.529. The molecule has 0 radical (unpaired) electrons. The quantitative estimate of drug-likeness (QED) is 0.645. The molecule has 4 N–H and O–H groups in total. The van der Waals surface area contributed by atoms with Crippen molar-refractivity contribution in [3.63, 3.8) is 0 Å². The van der Waals surface area contributed by atoms with Crippen LogP contribution in [-0.2, 0) is 4.74 Å². The van der Waals surface area contributed by atoms with Crippen molar-refractivity contribution in [1.29, 1.82) is 0 Å². The van der Waals surface area contributed by atoms with E-state index in [1.54, 1.807) is 12.1 Å². The number of amides is 2. The number of imidazole rings is 1. The fourth-order valence-corrected chi connectivity index (χ4v) is 3.77. The van der Waals surface area contributed by atoms with Crippen molar-refractivity contribution in [3.8, 4) is 5.75 Å². The van der Waals surface area contributed by atoms with Crippen LogP contribution in [0, 0.1) is 0 Å². The van der Waals surface area contributed by atoms with Gasteiger partial charge in [-0.3, -0.25) is 4.90 Å². The number of urea groups is 1. The topological polar surface area (TPSA) is 111 Å². The van der Waals surface area contributed by atoms with Crippen LogP contribution >= 0.6 is 0 Å². The minimum atomic E-state index is -0.319. The number of carbonyl (C=O) groups excluding carboxylic acids is 1. The monoisotopic (exact) mass is 361 g/mol. The molecule has 3 heterocycles. The molecule has 0 unspecified atom stereocenters. The summed E-state index contributed by atoms with van der Waals surface area (Å²) in [7, 11) is 1.52. The van der Waals surface area contributed by atoms with Gasteiger partial charge in [0.1, 0.15) is 5.75 Å². The van der Waals surface area contributed by atoms with Gasteiger partial charge in [0.15, 0.2) is 0 Å². The summed E-state index contributed by atoms with van der Waals surface area (Å²) in [5.41, 5.74) is 1.41. The first-order valence-electron chi connectivity index (χ1n) is 8.83. The van der Waals surface area contributed by atoms with Gasteiger partial charge in [0.05, 0.1) is 49.1 Å². The van der Waals surface area contributed by atoms with Crippen LogP contribution in [0.5, 0.6) is 5.75 Å². The number of anilines is 1. The molecule has 2 aromatic rings. The number of likely N-dealkylation sites (tertiary alicyclic amines) is 1. The van der Waals surface area contributed by atoms with E-state index in [0.717, 1.165) is 13.1 Å². The second-order valence-electron chi connectivity index (χ2n) is 6.73. The van der Waals surface area contributed by atoms with Crippen LogP contribution in [0.2, 0.25) is 0 Å². The molecule has 26 heavy (non-hydrogen) atoms. The third kappa shape index (κ3) is 3.27. The summed E-state index contributed by atoms with van der Waals surface area (Å²) in [6, 6.07) is 3.20. The van der Waals surface area contributed by atoms with E-state index in [1.165, 1.54) is 20.0 Å². The number of ether oxygens (including phenoxy) is 2. The lowest BCUT2D eigenvalue weighted by Gasteiger charge is -2.28. The van der Waals surface area contributed by atoms with Crippen LogP contribution in [0.3, 0.4) is 0 Å². The molecule has 2 fully saturated rings. The third-order valence-electron chi connectivity index (χ3n) is 5.06. The highest BCUT2D eigenvalue weighted by Crippen LogP contribution is 2.28. The number of nitrogens with one attached hydrogen (secondary N) is 4. The van der Waals surface area contributed by atoms with E-state index in [-0.39, 0.29) is 23.8 Å². The Morgan fingerprint density at radius 1 is 1.23 bits per heavy atom. The van der Waals surface area contributed by atoms with Crippen molar-refractivity contribution >= 4 is 22.8 Å². The molecule has 2 atom stereocenters. The van der Waals surface area contributed by atoms with E-state index in [1.807, 2.05) is 0 Å². The molecule has 140 valence electrons. The van der Waals surface area contributed by atoms with Gasteiger partial charge in [0, 0.05) is 6.07 Å². The first-order chi connectivity index (χ1) is 12.6. The number of hydrogen-bond donors (Lipinski definition) is 4. The van der Waals surface area contributed by atoms with E-state index >= 15 is 0 Å². The fourth-order valence-electron chi connectivity index (χ4n) is 3.77. The standard InChI is InChI=1S/C17H23N5O4/c1-25-15-7-11-10(18-16(23)19-11)6-12(15)20-17(24)21-13-8-26-9-14(13)22-4-2-3-5-22/h6-7,13-14H,2-5,8-9H2,1H3,(H2,18,19,23)(H2,20,21,24)/t13-,14-/m1/s1. The SMILES string of the molecule is COc1cc2[nH]c(=O)[nH]c2cc1NC(=O)N[C@@H]1COC[C@H]1N1CCCC1. The molecular weight excluding hydrogens is 338 g/mol. The second-order valence-corrected chi connectivity index (χ2v) is 6.73. The normalized spacial score (nSPS) is 23.4. The van der Waals surface area contributed by atoms with Crippen LogP contribution < -0.4 is 21.1 Å². The lowest BCUT2D eigenvalue weighted by atomic mass is 10.1. The first-order valence-corrected chi connectivity index (χ1v) is 8.83. The summed E-state index contributed by atoms with van der Waals surface area (Å²) in [5, 5.41) is 5.82. The van der Waals surface area contributed by atoms with Gasteiger partial charge in [-0.2, -0.15) is 0 Å². The molecule has 2 amide bonds. The predicted molar refractivity (Wildman–Crippen MR) is 96.8 cm³/mol. The highest BCUT2D eigenvalue weighted by atomic mass is 16.5. The van der Waals surface area contributed by atoms with Gasteiger partial charge in [-0.15, -0.1) is 0 Å². The summed E-state index contributed by atoms with van der Waals surface area (Å²) >= 11 is 0. The number of hydrogen-bond acceptors (Lipinski definition) is 5. The van der Waals surface area contributed by atoms with Crippen LogP contribution in [0.25, 0.3) is 11.0 Å². The molecule has 2 saturated heterocycles. The Hall–Kier alpha value is -2.52. The molecule has 2 aliphatic rings. The van der Waals surface area contributed by atoms with Gasteiger partial charge in [0.2, 0.25) is 0 Å². The smallest absolute Gasteiger partial charge is 0.323 e. The zero-order valence-electron chi connectivity index (χ0n) is 14.6. The summed E-state index contributed by atoms with van der Waals surface area (Å²) in [6.07, 6.45) is 2.39. The van der Waals surface area contributed by atoms with Crippen molar-refractivity contribution in [2.45, 2.75) is 24.9 Å². The maximum atomic E-state index is 12.5. The number of benzene rings is 1. The molecular formula is C17H23N5O4. The molecule has 0 aliphatic carbocycles. The number of H-pyrrole nitrogens is 2. The molecule has 0 saturated carbocycles. The molecule has 0 spiro atoms. The Bertz CT molecular complexity index is 854. The number of aromatic nitrogens is 2. The average molecular weight is 361 g/mol. The zero-order chi connectivity index (χ0) is 18.1. The van der Waals surface area contributed by atoms with Crippen LogP contribution in [0.15, 0.2) is 16.9 Å². The van der Waals surface area contributed by atoms with Gasteiger partial charge < -0.3 is 30.1 Å². The van der Waals surface area contributed by atoms with Gasteiger partial charge >= 0.3 is 11.7 Å². The highest BCUT2D eigenvalue weighted by Gasteiger charge is 2.35.